The van der Waals surface area contributed by atoms with Gasteiger partial charge >= 0.3 is 0 Å². The van der Waals surface area contributed by atoms with Crippen LogP contribution >= 0.6 is 45.2 Å². The summed E-state index contributed by atoms with van der Waals surface area (Å²) in [6.45, 7) is 1.53. The molecule has 0 spiro atoms. The molecular formula is C17H18I2O2. The van der Waals surface area contributed by atoms with Crippen LogP contribution < -0.4 is 9.47 Å². The van der Waals surface area contributed by atoms with Crippen LogP contribution in [0.1, 0.15) is 19.3 Å². The van der Waals surface area contributed by atoms with Crippen molar-refractivity contribution in [2.45, 2.75) is 19.3 Å². The first-order chi connectivity index (χ1) is 10.3. The molecule has 0 heterocycles. The molecule has 0 amide bonds. The minimum Gasteiger partial charge on any atom is -0.492 e. The summed E-state index contributed by atoms with van der Waals surface area (Å²) in [7, 11) is 0. The lowest BCUT2D eigenvalue weighted by Crippen LogP contribution is -2.02. The molecule has 2 aromatic rings. The molecular weight excluding hydrogens is 490 g/mol. The fourth-order valence-corrected chi connectivity index (χ4v) is 2.95. The van der Waals surface area contributed by atoms with Gasteiger partial charge in [0.25, 0.3) is 0 Å². The van der Waals surface area contributed by atoms with Crippen LogP contribution in [0.5, 0.6) is 11.5 Å². The van der Waals surface area contributed by atoms with E-state index >= 15 is 0 Å². The Kier molecular flexibility index (Phi) is 7.63. The van der Waals surface area contributed by atoms with Gasteiger partial charge in [-0.1, -0.05) is 24.3 Å². The van der Waals surface area contributed by atoms with Crippen molar-refractivity contribution < 1.29 is 9.47 Å². The van der Waals surface area contributed by atoms with Crippen molar-refractivity contribution in [3.63, 3.8) is 0 Å². The molecule has 21 heavy (non-hydrogen) atoms. The third-order valence-corrected chi connectivity index (χ3v) is 4.76. The Morgan fingerprint density at radius 2 is 1.05 bits per heavy atom. The summed E-state index contributed by atoms with van der Waals surface area (Å²) in [6.07, 6.45) is 3.23. The zero-order valence-electron chi connectivity index (χ0n) is 11.7. The van der Waals surface area contributed by atoms with Crippen LogP contribution in [-0.4, -0.2) is 13.2 Å². The number of para-hydroxylation sites is 2. The Hall–Kier alpha value is -0.500. The first-order valence-corrected chi connectivity index (χ1v) is 9.18. The molecule has 112 valence electrons. The maximum Gasteiger partial charge on any atom is 0.132 e. The van der Waals surface area contributed by atoms with E-state index in [0.29, 0.717) is 0 Å². The minimum absolute atomic E-state index is 0.767. The van der Waals surface area contributed by atoms with Gasteiger partial charge in [0, 0.05) is 0 Å². The van der Waals surface area contributed by atoms with Gasteiger partial charge in [0.1, 0.15) is 11.5 Å². The molecule has 2 nitrogen and oxygen atoms in total. The van der Waals surface area contributed by atoms with E-state index in [0.717, 1.165) is 51.1 Å². The molecule has 4 heteroatoms. The van der Waals surface area contributed by atoms with Crippen LogP contribution in [0.4, 0.5) is 0 Å². The topological polar surface area (TPSA) is 18.5 Å². The first kappa shape index (κ1) is 16.9. The average Bonchev–Trinajstić information content (AvgIpc) is 2.50. The van der Waals surface area contributed by atoms with E-state index in [4.69, 9.17) is 9.47 Å². The molecule has 0 N–H and O–H groups in total. The highest BCUT2D eigenvalue weighted by molar-refractivity contribution is 14.1. The SMILES string of the molecule is Ic1ccccc1OCCCCCOc1ccccc1I. The molecule has 0 aliphatic rings. The molecule has 0 saturated heterocycles. The Balaban J connectivity index is 1.57. The monoisotopic (exact) mass is 508 g/mol. The summed E-state index contributed by atoms with van der Waals surface area (Å²) in [5.74, 6) is 1.96. The lowest BCUT2D eigenvalue weighted by atomic mass is 10.2. The number of unbranched alkanes of at least 4 members (excludes halogenated alkanes) is 2. The van der Waals surface area contributed by atoms with Crippen molar-refractivity contribution in [1.29, 1.82) is 0 Å². The predicted molar refractivity (Wildman–Crippen MR) is 103 cm³/mol. The maximum atomic E-state index is 5.77. The van der Waals surface area contributed by atoms with Crippen LogP contribution in [0.25, 0.3) is 0 Å². The maximum absolute atomic E-state index is 5.77. The zero-order chi connectivity index (χ0) is 14.9. The number of ether oxygens (including phenoxy) is 2. The molecule has 0 saturated carbocycles. The number of hydrogen-bond acceptors (Lipinski definition) is 2. The second kappa shape index (κ2) is 9.50. The summed E-state index contributed by atoms with van der Waals surface area (Å²) < 4.78 is 13.9. The van der Waals surface area contributed by atoms with E-state index in [1.807, 2.05) is 36.4 Å². The Morgan fingerprint density at radius 1 is 0.619 bits per heavy atom. The van der Waals surface area contributed by atoms with E-state index in [-0.39, 0.29) is 0 Å². The highest BCUT2D eigenvalue weighted by Crippen LogP contribution is 2.21. The molecule has 0 aromatic heterocycles. The van der Waals surface area contributed by atoms with Crippen LogP contribution in [0.15, 0.2) is 48.5 Å². The fourth-order valence-electron chi connectivity index (χ4n) is 1.87. The van der Waals surface area contributed by atoms with Crippen molar-refractivity contribution in [3.8, 4) is 11.5 Å². The van der Waals surface area contributed by atoms with Crippen molar-refractivity contribution in [2.75, 3.05) is 13.2 Å². The van der Waals surface area contributed by atoms with Crippen LogP contribution in [0.2, 0.25) is 0 Å². The summed E-state index contributed by atoms with van der Waals surface area (Å²) in [5, 5.41) is 0. The molecule has 0 fully saturated rings. The van der Waals surface area contributed by atoms with Crippen LogP contribution in [0, 0.1) is 7.14 Å². The lowest BCUT2D eigenvalue weighted by Gasteiger charge is -2.09. The first-order valence-electron chi connectivity index (χ1n) is 7.02. The van der Waals surface area contributed by atoms with Gasteiger partial charge in [0.2, 0.25) is 0 Å². The smallest absolute Gasteiger partial charge is 0.132 e. The molecule has 0 unspecified atom stereocenters. The van der Waals surface area contributed by atoms with Crippen molar-refractivity contribution >= 4 is 45.2 Å². The van der Waals surface area contributed by atoms with Gasteiger partial charge in [-0.3, -0.25) is 0 Å². The Labute approximate surface area is 153 Å². The lowest BCUT2D eigenvalue weighted by molar-refractivity contribution is 0.277. The Morgan fingerprint density at radius 3 is 1.48 bits per heavy atom. The summed E-state index contributed by atoms with van der Waals surface area (Å²) >= 11 is 4.60. The molecule has 0 aliphatic carbocycles. The number of rotatable bonds is 8. The third kappa shape index (κ3) is 6.02. The quantitative estimate of drug-likeness (QED) is 0.346. The largest absolute Gasteiger partial charge is 0.492 e. The van der Waals surface area contributed by atoms with E-state index < -0.39 is 0 Å². The molecule has 2 aromatic carbocycles. The normalized spacial score (nSPS) is 10.4. The average molecular weight is 508 g/mol. The van der Waals surface area contributed by atoms with Crippen LogP contribution in [0.3, 0.4) is 0 Å². The van der Waals surface area contributed by atoms with Crippen molar-refractivity contribution in [2.24, 2.45) is 0 Å². The summed E-state index contributed by atoms with van der Waals surface area (Å²) in [6, 6.07) is 16.2. The highest BCUT2D eigenvalue weighted by atomic mass is 127. The summed E-state index contributed by atoms with van der Waals surface area (Å²) in [5.41, 5.74) is 0. The predicted octanol–water partition coefficient (Wildman–Crippen LogP) is 5.52. The second-order valence-corrected chi connectivity index (χ2v) is 6.94. The summed E-state index contributed by atoms with van der Waals surface area (Å²) in [4.78, 5) is 0. The van der Waals surface area contributed by atoms with Gasteiger partial charge in [0.05, 0.1) is 20.4 Å². The van der Waals surface area contributed by atoms with Gasteiger partial charge in [-0.2, -0.15) is 0 Å². The molecule has 2 rings (SSSR count). The number of halogens is 2. The van der Waals surface area contributed by atoms with Crippen LogP contribution in [-0.2, 0) is 0 Å². The van der Waals surface area contributed by atoms with Crippen molar-refractivity contribution in [3.05, 3.63) is 55.7 Å². The van der Waals surface area contributed by atoms with Gasteiger partial charge in [-0.15, -0.1) is 0 Å². The molecule has 0 radical (unpaired) electrons. The highest BCUT2D eigenvalue weighted by Gasteiger charge is 2.00. The number of hydrogen-bond donors (Lipinski definition) is 0. The molecule has 0 aliphatic heterocycles. The third-order valence-electron chi connectivity index (χ3n) is 2.98. The zero-order valence-corrected chi connectivity index (χ0v) is 16.0. The molecule has 0 bridgehead atoms. The van der Waals surface area contributed by atoms with E-state index in [2.05, 4.69) is 57.3 Å². The van der Waals surface area contributed by atoms with Gasteiger partial charge < -0.3 is 9.47 Å². The van der Waals surface area contributed by atoms with Gasteiger partial charge in [0.15, 0.2) is 0 Å². The minimum atomic E-state index is 0.767. The number of benzene rings is 2. The van der Waals surface area contributed by atoms with Crippen molar-refractivity contribution in [1.82, 2.24) is 0 Å². The van der Waals surface area contributed by atoms with Gasteiger partial charge in [-0.25, -0.2) is 0 Å². The van der Waals surface area contributed by atoms with E-state index in [1.165, 1.54) is 0 Å². The van der Waals surface area contributed by atoms with Gasteiger partial charge in [-0.05, 0) is 88.7 Å². The van der Waals surface area contributed by atoms with E-state index in [9.17, 15) is 0 Å². The second-order valence-electron chi connectivity index (χ2n) is 4.62. The molecule has 0 atom stereocenters. The van der Waals surface area contributed by atoms with E-state index in [1.54, 1.807) is 0 Å². The Bertz CT molecular complexity index is 508. The standard InChI is InChI=1S/C17H18I2O2/c18-14-8-2-4-10-16(14)20-12-6-1-7-13-21-17-11-5-3-9-15(17)19/h2-5,8-11H,1,6-7,12-13H2. The fraction of sp³-hybridized carbons (Fsp3) is 0.294.